The molecule has 0 aromatic heterocycles. The van der Waals surface area contributed by atoms with Gasteiger partial charge >= 0.3 is 0 Å². The average molecular weight is 242 g/mol. The van der Waals surface area contributed by atoms with Gasteiger partial charge in [-0.05, 0) is 36.0 Å². The van der Waals surface area contributed by atoms with Gasteiger partial charge in [-0.2, -0.15) is 0 Å². The zero-order valence-corrected chi connectivity index (χ0v) is 9.31. The van der Waals surface area contributed by atoms with E-state index in [-0.39, 0.29) is 5.11 Å². The highest BCUT2D eigenvalue weighted by atomic mass is 32.3. The highest BCUT2D eigenvalue weighted by Gasteiger charge is 2.21. The second-order valence-corrected chi connectivity index (χ2v) is 5.48. The molecule has 2 rings (SSSR count). The monoisotopic (exact) mass is 242 g/mol. The summed E-state index contributed by atoms with van der Waals surface area (Å²) in [5, 5.41) is 4.30. The van der Waals surface area contributed by atoms with Crippen LogP contribution in [-0.4, -0.2) is 14.2 Å². The molecule has 0 saturated carbocycles. The minimum absolute atomic E-state index is 0.150. The van der Waals surface area contributed by atoms with Gasteiger partial charge in [0, 0.05) is 11.1 Å². The first-order chi connectivity index (χ1) is 6.99. The van der Waals surface area contributed by atoms with Crippen LogP contribution in [0.25, 0.3) is 6.08 Å². The van der Waals surface area contributed by atoms with E-state index >= 15 is 0 Å². The van der Waals surface area contributed by atoms with E-state index in [1.165, 1.54) is 5.41 Å². The van der Waals surface area contributed by atoms with E-state index in [1.807, 2.05) is 0 Å². The van der Waals surface area contributed by atoms with Crippen molar-refractivity contribution in [1.82, 2.24) is 0 Å². The summed E-state index contributed by atoms with van der Waals surface area (Å²) in [6, 6.07) is 5.21. The summed E-state index contributed by atoms with van der Waals surface area (Å²) in [6.45, 7) is 0. The van der Waals surface area contributed by atoms with Crippen molar-refractivity contribution >= 4 is 39.7 Å². The maximum atomic E-state index is 9.67. The zero-order chi connectivity index (χ0) is 11.1. The molecule has 80 valence electrons. The molecule has 0 fully saturated rings. The van der Waals surface area contributed by atoms with Crippen molar-refractivity contribution < 1.29 is 9.11 Å². The molecule has 0 amide bonds. The zero-order valence-electron chi connectivity index (χ0n) is 7.68. The first-order valence-corrected chi connectivity index (χ1v) is 6.18. The Labute approximate surface area is 94.1 Å². The second-order valence-electron chi connectivity index (χ2n) is 3.14. The number of benzene rings is 1. The first kappa shape index (κ1) is 10.4. The Morgan fingerprint density at radius 1 is 1.40 bits per heavy atom. The molecule has 1 heterocycles. The largest absolute Gasteiger partial charge is 0.376 e. The van der Waals surface area contributed by atoms with Crippen LogP contribution in [0.2, 0.25) is 0 Å². The lowest BCUT2D eigenvalue weighted by Crippen LogP contribution is -2.18. The van der Waals surface area contributed by atoms with Gasteiger partial charge in [0.1, 0.15) is 0 Å². The number of rotatable bonds is 1. The smallest absolute Gasteiger partial charge is 0.168 e. The first-order valence-electron chi connectivity index (χ1n) is 4.16. The molecule has 0 saturated heterocycles. The Bertz CT molecular complexity index is 457. The standard InChI is InChI=1S/C9H10N2O2S2/c10-9(14)11-7-2-1-6-3-4-15(12,13)8(6)5-7/h1-5,12-13H,(H3,10,11,14). The molecule has 0 aliphatic carbocycles. The molecule has 0 unspecified atom stereocenters. The van der Waals surface area contributed by atoms with Crippen LogP contribution in [0.5, 0.6) is 0 Å². The van der Waals surface area contributed by atoms with Gasteiger partial charge < -0.3 is 11.1 Å². The van der Waals surface area contributed by atoms with Crippen molar-refractivity contribution in [3.8, 4) is 0 Å². The van der Waals surface area contributed by atoms with Crippen LogP contribution in [0.15, 0.2) is 28.5 Å². The van der Waals surface area contributed by atoms with E-state index < -0.39 is 10.6 Å². The van der Waals surface area contributed by atoms with E-state index in [9.17, 15) is 9.11 Å². The van der Waals surface area contributed by atoms with Crippen LogP contribution in [-0.2, 0) is 0 Å². The van der Waals surface area contributed by atoms with Crippen LogP contribution in [0.3, 0.4) is 0 Å². The van der Waals surface area contributed by atoms with Gasteiger partial charge in [-0.1, -0.05) is 6.07 Å². The Balaban J connectivity index is 2.40. The molecule has 1 aromatic carbocycles. The predicted molar refractivity (Wildman–Crippen MR) is 67.0 cm³/mol. The lowest BCUT2D eigenvalue weighted by Gasteiger charge is -2.25. The molecule has 0 bridgehead atoms. The fraction of sp³-hybridized carbons (Fsp3) is 0. The number of nitrogens with two attached hydrogens (primary N) is 1. The van der Waals surface area contributed by atoms with Crippen molar-refractivity contribution in [2.45, 2.75) is 4.90 Å². The van der Waals surface area contributed by atoms with E-state index in [2.05, 4.69) is 5.32 Å². The summed E-state index contributed by atoms with van der Waals surface area (Å²) in [5.41, 5.74) is 6.79. The number of nitrogens with one attached hydrogen (secondary N) is 1. The fourth-order valence-corrected chi connectivity index (χ4v) is 2.78. The molecule has 1 aliphatic rings. The third-order valence-corrected chi connectivity index (χ3v) is 3.66. The molecule has 15 heavy (non-hydrogen) atoms. The normalized spacial score (nSPS) is 18.3. The van der Waals surface area contributed by atoms with Crippen LogP contribution >= 0.6 is 22.8 Å². The van der Waals surface area contributed by atoms with E-state index in [1.54, 1.807) is 24.3 Å². The minimum Gasteiger partial charge on any atom is -0.376 e. The third-order valence-electron chi connectivity index (χ3n) is 2.04. The average Bonchev–Trinajstić information content (AvgIpc) is 2.42. The molecule has 0 radical (unpaired) electrons. The fourth-order valence-electron chi connectivity index (χ4n) is 1.39. The van der Waals surface area contributed by atoms with Crippen LogP contribution in [0.4, 0.5) is 5.69 Å². The summed E-state index contributed by atoms with van der Waals surface area (Å²) >= 11 is 4.70. The maximum absolute atomic E-state index is 9.67. The third kappa shape index (κ3) is 1.98. The van der Waals surface area contributed by atoms with Gasteiger partial charge in [0.15, 0.2) is 5.11 Å². The molecule has 1 aliphatic heterocycles. The van der Waals surface area contributed by atoms with Gasteiger partial charge in [0.25, 0.3) is 0 Å². The Morgan fingerprint density at radius 2 is 2.13 bits per heavy atom. The van der Waals surface area contributed by atoms with Gasteiger partial charge in [0.2, 0.25) is 0 Å². The van der Waals surface area contributed by atoms with Crippen LogP contribution in [0.1, 0.15) is 5.56 Å². The molecule has 6 heteroatoms. The molecule has 0 atom stereocenters. The van der Waals surface area contributed by atoms with Crippen molar-refractivity contribution in [1.29, 1.82) is 0 Å². The summed E-state index contributed by atoms with van der Waals surface area (Å²) < 4.78 is 19.3. The van der Waals surface area contributed by atoms with E-state index in [0.29, 0.717) is 10.6 Å². The highest BCUT2D eigenvalue weighted by Crippen LogP contribution is 2.56. The molecular formula is C9H10N2O2S2. The predicted octanol–water partition coefficient (Wildman–Crippen LogP) is 2.44. The lowest BCUT2D eigenvalue weighted by molar-refractivity contribution is 0.501. The Morgan fingerprint density at radius 3 is 2.80 bits per heavy atom. The van der Waals surface area contributed by atoms with Crippen molar-refractivity contribution in [3.05, 3.63) is 29.2 Å². The summed E-state index contributed by atoms with van der Waals surface area (Å²) in [6.07, 6.45) is 1.69. The number of thiocarbonyl (C=S) groups is 1. The summed E-state index contributed by atoms with van der Waals surface area (Å²) in [5.74, 6) is 0. The number of fused-ring (bicyclic) bond motifs is 1. The summed E-state index contributed by atoms with van der Waals surface area (Å²) in [4.78, 5) is 0.503. The quantitative estimate of drug-likeness (QED) is 0.569. The molecule has 0 spiro atoms. The topological polar surface area (TPSA) is 78.5 Å². The number of hydrogen-bond acceptors (Lipinski definition) is 3. The second kappa shape index (κ2) is 3.49. The lowest BCUT2D eigenvalue weighted by atomic mass is 10.2. The Kier molecular flexibility index (Phi) is 2.43. The van der Waals surface area contributed by atoms with E-state index in [4.69, 9.17) is 18.0 Å². The Hall–Kier alpha value is -1.08. The molecule has 1 aromatic rings. The van der Waals surface area contributed by atoms with Gasteiger partial charge in [0.05, 0.1) is 4.90 Å². The van der Waals surface area contributed by atoms with E-state index in [0.717, 1.165) is 5.56 Å². The SMILES string of the molecule is NC(=S)Nc1ccc2c(c1)S(O)(O)C=C2. The molecule has 5 N–H and O–H groups in total. The summed E-state index contributed by atoms with van der Waals surface area (Å²) in [7, 11) is -2.77. The van der Waals surface area contributed by atoms with Crippen molar-refractivity contribution in [2.24, 2.45) is 5.73 Å². The van der Waals surface area contributed by atoms with Gasteiger partial charge in [-0.25, -0.2) is 0 Å². The molecular weight excluding hydrogens is 232 g/mol. The minimum atomic E-state index is -2.77. The van der Waals surface area contributed by atoms with Gasteiger partial charge in [-0.3, -0.25) is 9.11 Å². The maximum Gasteiger partial charge on any atom is 0.168 e. The van der Waals surface area contributed by atoms with Crippen LogP contribution < -0.4 is 11.1 Å². The van der Waals surface area contributed by atoms with Crippen molar-refractivity contribution in [2.75, 3.05) is 5.32 Å². The number of anilines is 1. The van der Waals surface area contributed by atoms with Crippen LogP contribution in [0, 0.1) is 0 Å². The number of hydrogen-bond donors (Lipinski definition) is 4. The van der Waals surface area contributed by atoms with Gasteiger partial charge in [-0.15, -0.1) is 10.6 Å². The molecule has 4 nitrogen and oxygen atoms in total. The van der Waals surface area contributed by atoms with Crippen molar-refractivity contribution in [3.63, 3.8) is 0 Å². The highest BCUT2D eigenvalue weighted by molar-refractivity contribution is 8.27.